The van der Waals surface area contributed by atoms with Crippen LogP contribution in [0.5, 0.6) is 0 Å². The number of nitrogens with one attached hydrogen (secondary N) is 1. The van der Waals surface area contributed by atoms with E-state index in [1.165, 1.54) is 0 Å². The van der Waals surface area contributed by atoms with Gasteiger partial charge in [-0.1, -0.05) is 35.9 Å². The van der Waals surface area contributed by atoms with Crippen molar-refractivity contribution in [1.82, 2.24) is 5.32 Å². The highest BCUT2D eigenvalue weighted by atomic mass is 35.5. The van der Waals surface area contributed by atoms with Crippen molar-refractivity contribution >= 4 is 23.5 Å². The van der Waals surface area contributed by atoms with Gasteiger partial charge in [0.05, 0.1) is 22.2 Å². The number of amides is 1. The standard InChI is InChI=1S/C17H14ClNO3/c18-14-7-2-1-4-13(14)16(20)19-15-9-8-10-11(15)5-3-6-12(10)17(21)22/h1-7,15H,8-9H2,(H,19,20)(H,21,22)/t15-/m0/s1. The van der Waals surface area contributed by atoms with Crippen molar-refractivity contribution in [2.45, 2.75) is 18.9 Å². The fourth-order valence-corrected chi connectivity index (χ4v) is 3.11. The lowest BCUT2D eigenvalue weighted by molar-refractivity contribution is 0.0695. The summed E-state index contributed by atoms with van der Waals surface area (Å²) < 4.78 is 0. The summed E-state index contributed by atoms with van der Waals surface area (Å²) >= 11 is 6.03. The Morgan fingerprint density at radius 2 is 1.82 bits per heavy atom. The molecule has 0 unspecified atom stereocenters. The summed E-state index contributed by atoms with van der Waals surface area (Å²) in [5, 5.41) is 12.6. The Kier molecular flexibility index (Phi) is 3.86. The van der Waals surface area contributed by atoms with Crippen molar-refractivity contribution in [3.05, 3.63) is 69.7 Å². The lowest BCUT2D eigenvalue weighted by Gasteiger charge is -2.15. The molecular weight excluding hydrogens is 302 g/mol. The van der Waals surface area contributed by atoms with Crippen LogP contribution in [0, 0.1) is 0 Å². The largest absolute Gasteiger partial charge is 0.478 e. The van der Waals surface area contributed by atoms with Crippen LogP contribution in [0.1, 0.15) is 44.3 Å². The first kappa shape index (κ1) is 14.6. The number of carbonyl (C=O) groups is 2. The third-order valence-corrected chi connectivity index (χ3v) is 4.25. The van der Waals surface area contributed by atoms with Gasteiger partial charge in [-0.15, -0.1) is 0 Å². The summed E-state index contributed by atoms with van der Waals surface area (Å²) in [6, 6.07) is 11.9. The normalized spacial score (nSPS) is 16.1. The number of carboxylic acids is 1. The van der Waals surface area contributed by atoms with Gasteiger partial charge in [0, 0.05) is 0 Å². The summed E-state index contributed by atoms with van der Waals surface area (Å²) in [6.45, 7) is 0. The predicted molar refractivity (Wildman–Crippen MR) is 83.4 cm³/mol. The highest BCUT2D eigenvalue weighted by molar-refractivity contribution is 6.33. The molecule has 0 fully saturated rings. The molecule has 2 aromatic rings. The fourth-order valence-electron chi connectivity index (χ4n) is 2.89. The van der Waals surface area contributed by atoms with E-state index in [9.17, 15) is 14.7 Å². The predicted octanol–water partition coefficient (Wildman–Crippen LogP) is 3.46. The lowest BCUT2D eigenvalue weighted by Crippen LogP contribution is -2.27. The summed E-state index contributed by atoms with van der Waals surface area (Å²) in [5.41, 5.74) is 2.42. The first-order chi connectivity index (χ1) is 10.6. The SMILES string of the molecule is O=C(N[C@H]1CCc2c(C(=O)O)cccc21)c1ccccc1Cl. The van der Waals surface area contributed by atoms with E-state index in [-0.39, 0.29) is 11.9 Å². The second-order valence-corrected chi connectivity index (χ2v) is 5.63. The average Bonchev–Trinajstić information content (AvgIpc) is 2.90. The average molecular weight is 316 g/mol. The van der Waals surface area contributed by atoms with Crippen LogP contribution in [-0.2, 0) is 6.42 Å². The Hall–Kier alpha value is -2.33. The van der Waals surface area contributed by atoms with Crippen LogP contribution in [0.15, 0.2) is 42.5 Å². The van der Waals surface area contributed by atoms with Crippen LogP contribution < -0.4 is 5.32 Å². The maximum absolute atomic E-state index is 12.3. The van der Waals surface area contributed by atoms with Crippen molar-refractivity contribution in [1.29, 1.82) is 0 Å². The van der Waals surface area contributed by atoms with E-state index in [0.717, 1.165) is 11.1 Å². The molecule has 0 saturated carbocycles. The van der Waals surface area contributed by atoms with E-state index in [4.69, 9.17) is 11.6 Å². The van der Waals surface area contributed by atoms with Gasteiger partial charge in [0.25, 0.3) is 5.91 Å². The number of hydrogen-bond donors (Lipinski definition) is 2. The van der Waals surface area contributed by atoms with Crippen molar-refractivity contribution in [2.75, 3.05) is 0 Å². The van der Waals surface area contributed by atoms with Gasteiger partial charge in [0.15, 0.2) is 0 Å². The van der Waals surface area contributed by atoms with E-state index in [0.29, 0.717) is 29.0 Å². The zero-order valence-corrected chi connectivity index (χ0v) is 12.4. The fraction of sp³-hybridized carbons (Fsp3) is 0.176. The monoisotopic (exact) mass is 315 g/mol. The molecule has 0 aromatic heterocycles. The van der Waals surface area contributed by atoms with Crippen LogP contribution in [0.4, 0.5) is 0 Å². The number of carbonyl (C=O) groups excluding carboxylic acids is 1. The number of halogens is 1. The summed E-state index contributed by atoms with van der Waals surface area (Å²) in [7, 11) is 0. The first-order valence-corrected chi connectivity index (χ1v) is 7.36. The van der Waals surface area contributed by atoms with Crippen molar-refractivity contribution in [3.8, 4) is 0 Å². The molecule has 2 aromatic carbocycles. The quantitative estimate of drug-likeness (QED) is 0.911. The maximum atomic E-state index is 12.3. The van der Waals surface area contributed by atoms with Crippen molar-refractivity contribution in [2.24, 2.45) is 0 Å². The summed E-state index contributed by atoms with van der Waals surface area (Å²) in [5.74, 6) is -1.18. The van der Waals surface area contributed by atoms with Crippen LogP contribution in [0.25, 0.3) is 0 Å². The molecule has 22 heavy (non-hydrogen) atoms. The molecular formula is C17H14ClNO3. The van der Waals surface area contributed by atoms with E-state index < -0.39 is 5.97 Å². The number of fused-ring (bicyclic) bond motifs is 1. The van der Waals surface area contributed by atoms with Crippen LogP contribution >= 0.6 is 11.6 Å². The molecule has 0 heterocycles. The maximum Gasteiger partial charge on any atom is 0.335 e. The van der Waals surface area contributed by atoms with Crippen molar-refractivity contribution in [3.63, 3.8) is 0 Å². The van der Waals surface area contributed by atoms with Gasteiger partial charge in [-0.25, -0.2) is 4.79 Å². The first-order valence-electron chi connectivity index (χ1n) is 6.98. The van der Waals surface area contributed by atoms with Gasteiger partial charge in [-0.05, 0) is 42.2 Å². The Labute approximate surface area is 132 Å². The van der Waals surface area contributed by atoms with Crippen LogP contribution in [0.2, 0.25) is 5.02 Å². The van der Waals surface area contributed by atoms with E-state index >= 15 is 0 Å². The summed E-state index contributed by atoms with van der Waals surface area (Å²) in [6.07, 6.45) is 1.33. The molecule has 1 amide bonds. The van der Waals surface area contributed by atoms with Gasteiger partial charge in [0.2, 0.25) is 0 Å². The highest BCUT2D eigenvalue weighted by Gasteiger charge is 2.28. The molecule has 1 aliphatic rings. The van der Waals surface area contributed by atoms with Crippen LogP contribution in [0.3, 0.4) is 0 Å². The van der Waals surface area contributed by atoms with Gasteiger partial charge in [0.1, 0.15) is 0 Å². The smallest absolute Gasteiger partial charge is 0.335 e. The Morgan fingerprint density at radius 3 is 2.55 bits per heavy atom. The summed E-state index contributed by atoms with van der Waals surface area (Å²) in [4.78, 5) is 23.6. The molecule has 0 spiro atoms. The number of rotatable bonds is 3. The minimum Gasteiger partial charge on any atom is -0.478 e. The molecule has 1 atom stereocenters. The molecule has 0 bridgehead atoms. The second-order valence-electron chi connectivity index (χ2n) is 5.22. The third-order valence-electron chi connectivity index (χ3n) is 3.92. The van der Waals surface area contributed by atoms with Crippen molar-refractivity contribution < 1.29 is 14.7 Å². The zero-order valence-electron chi connectivity index (χ0n) is 11.7. The zero-order chi connectivity index (χ0) is 15.7. The number of aromatic carboxylic acids is 1. The minimum atomic E-state index is -0.935. The molecule has 112 valence electrons. The van der Waals surface area contributed by atoms with Gasteiger partial charge in [-0.2, -0.15) is 0 Å². The van der Waals surface area contributed by atoms with Crippen LogP contribution in [-0.4, -0.2) is 17.0 Å². The van der Waals surface area contributed by atoms with E-state index in [2.05, 4.69) is 5.32 Å². The molecule has 0 radical (unpaired) electrons. The lowest BCUT2D eigenvalue weighted by atomic mass is 10.0. The van der Waals surface area contributed by atoms with E-state index in [1.807, 2.05) is 6.07 Å². The molecule has 3 rings (SSSR count). The molecule has 5 heteroatoms. The second kappa shape index (κ2) is 5.81. The van der Waals surface area contributed by atoms with Gasteiger partial charge < -0.3 is 10.4 Å². The molecule has 1 aliphatic carbocycles. The highest BCUT2D eigenvalue weighted by Crippen LogP contribution is 2.33. The molecule has 2 N–H and O–H groups in total. The van der Waals surface area contributed by atoms with Gasteiger partial charge >= 0.3 is 5.97 Å². The Bertz CT molecular complexity index is 757. The topological polar surface area (TPSA) is 66.4 Å². The number of benzene rings is 2. The number of hydrogen-bond acceptors (Lipinski definition) is 2. The number of carboxylic acid groups (broad SMARTS) is 1. The molecule has 0 saturated heterocycles. The molecule has 0 aliphatic heterocycles. The molecule has 4 nitrogen and oxygen atoms in total. The minimum absolute atomic E-state index is 0.182. The van der Waals surface area contributed by atoms with E-state index in [1.54, 1.807) is 36.4 Å². The Balaban J connectivity index is 1.86. The third kappa shape index (κ3) is 2.57. The van der Waals surface area contributed by atoms with Gasteiger partial charge in [-0.3, -0.25) is 4.79 Å². The Morgan fingerprint density at radius 1 is 1.09 bits per heavy atom.